The average molecular weight is 302 g/mol. The molecule has 114 valence electrons. The summed E-state index contributed by atoms with van der Waals surface area (Å²) in [5, 5.41) is 0. The van der Waals surface area contributed by atoms with Crippen molar-refractivity contribution in [1.29, 1.82) is 0 Å². The van der Waals surface area contributed by atoms with Gasteiger partial charge in [-0.1, -0.05) is 66.7 Å². The molecule has 0 aliphatic rings. The molecular formula is C21H18O2. The van der Waals surface area contributed by atoms with Gasteiger partial charge in [0, 0.05) is 11.1 Å². The minimum atomic E-state index is 0.0644. The van der Waals surface area contributed by atoms with Crippen molar-refractivity contribution in [3.63, 3.8) is 0 Å². The van der Waals surface area contributed by atoms with Gasteiger partial charge in [-0.2, -0.15) is 0 Å². The summed E-state index contributed by atoms with van der Waals surface area (Å²) in [5.74, 6) is 0.881. The lowest BCUT2D eigenvalue weighted by atomic mass is 10.0. The lowest BCUT2D eigenvalue weighted by Crippen LogP contribution is -1.97. The highest BCUT2D eigenvalue weighted by atomic mass is 16.5. The second-order valence-corrected chi connectivity index (χ2v) is 5.41. The van der Waals surface area contributed by atoms with E-state index in [4.69, 9.17) is 4.74 Å². The Labute approximate surface area is 136 Å². The molecule has 2 nitrogen and oxygen atoms in total. The van der Waals surface area contributed by atoms with E-state index in [-0.39, 0.29) is 5.78 Å². The molecule has 23 heavy (non-hydrogen) atoms. The fourth-order valence-electron chi connectivity index (χ4n) is 2.47. The standard InChI is InChI=1S/C21H18O2/c1-16(22)18-10-7-11-19(14-18)20-12-5-6-13-21(20)23-15-17-8-3-2-4-9-17/h2-14H,15H2,1H3. The van der Waals surface area contributed by atoms with E-state index < -0.39 is 0 Å². The van der Waals surface area contributed by atoms with Gasteiger partial charge in [0.05, 0.1) is 0 Å². The molecule has 0 saturated heterocycles. The van der Waals surface area contributed by atoms with Crippen LogP contribution < -0.4 is 4.74 Å². The Morgan fingerprint density at radius 3 is 2.39 bits per heavy atom. The molecule has 0 aliphatic heterocycles. The van der Waals surface area contributed by atoms with Gasteiger partial charge in [0.25, 0.3) is 0 Å². The number of hydrogen-bond acceptors (Lipinski definition) is 2. The molecule has 0 fully saturated rings. The van der Waals surface area contributed by atoms with E-state index in [1.54, 1.807) is 6.92 Å². The first kappa shape index (κ1) is 15.0. The van der Waals surface area contributed by atoms with Crippen LogP contribution in [0.3, 0.4) is 0 Å². The summed E-state index contributed by atoms with van der Waals surface area (Å²) in [6, 6.07) is 25.6. The third-order valence-corrected chi connectivity index (χ3v) is 3.70. The van der Waals surface area contributed by atoms with Gasteiger partial charge < -0.3 is 4.74 Å². The van der Waals surface area contributed by atoms with E-state index in [1.807, 2.05) is 78.9 Å². The summed E-state index contributed by atoms with van der Waals surface area (Å²) in [7, 11) is 0. The van der Waals surface area contributed by atoms with Gasteiger partial charge >= 0.3 is 0 Å². The zero-order chi connectivity index (χ0) is 16.1. The highest BCUT2D eigenvalue weighted by Crippen LogP contribution is 2.31. The third-order valence-electron chi connectivity index (χ3n) is 3.70. The highest BCUT2D eigenvalue weighted by Gasteiger charge is 2.08. The second-order valence-electron chi connectivity index (χ2n) is 5.41. The fraction of sp³-hybridized carbons (Fsp3) is 0.0952. The van der Waals surface area contributed by atoms with Crippen molar-refractivity contribution in [3.05, 3.63) is 90.0 Å². The monoisotopic (exact) mass is 302 g/mol. The van der Waals surface area contributed by atoms with Gasteiger partial charge in [0.15, 0.2) is 5.78 Å². The number of carbonyl (C=O) groups excluding carboxylic acids is 1. The van der Waals surface area contributed by atoms with Crippen LogP contribution in [0, 0.1) is 0 Å². The summed E-state index contributed by atoms with van der Waals surface area (Å²) in [4.78, 5) is 11.6. The van der Waals surface area contributed by atoms with E-state index in [0.29, 0.717) is 12.2 Å². The van der Waals surface area contributed by atoms with Crippen molar-refractivity contribution in [2.24, 2.45) is 0 Å². The summed E-state index contributed by atoms with van der Waals surface area (Å²) in [6.45, 7) is 2.10. The molecule has 0 unspecified atom stereocenters. The predicted octanol–water partition coefficient (Wildman–Crippen LogP) is 5.14. The van der Waals surface area contributed by atoms with Crippen LogP contribution in [-0.4, -0.2) is 5.78 Å². The molecule has 0 aromatic heterocycles. The summed E-state index contributed by atoms with van der Waals surface area (Å²) < 4.78 is 5.99. The summed E-state index contributed by atoms with van der Waals surface area (Å²) in [6.07, 6.45) is 0. The Balaban J connectivity index is 1.89. The van der Waals surface area contributed by atoms with Crippen molar-refractivity contribution in [2.45, 2.75) is 13.5 Å². The number of Topliss-reactive ketones (excluding diaryl/α,β-unsaturated/α-hetero) is 1. The van der Waals surface area contributed by atoms with Gasteiger partial charge in [-0.3, -0.25) is 4.79 Å². The number of ether oxygens (including phenoxy) is 1. The molecular weight excluding hydrogens is 284 g/mol. The van der Waals surface area contributed by atoms with Crippen LogP contribution in [0.25, 0.3) is 11.1 Å². The van der Waals surface area contributed by atoms with Crippen LogP contribution in [0.2, 0.25) is 0 Å². The van der Waals surface area contributed by atoms with Crippen LogP contribution in [-0.2, 0) is 6.61 Å². The molecule has 3 rings (SSSR count). The summed E-state index contributed by atoms with van der Waals surface area (Å²) in [5.41, 5.74) is 3.81. The van der Waals surface area contributed by atoms with E-state index in [2.05, 4.69) is 0 Å². The second kappa shape index (κ2) is 6.93. The average Bonchev–Trinajstić information content (AvgIpc) is 2.61. The minimum Gasteiger partial charge on any atom is -0.488 e. The van der Waals surface area contributed by atoms with Gasteiger partial charge in [-0.05, 0) is 30.2 Å². The Kier molecular flexibility index (Phi) is 4.53. The molecule has 3 aromatic carbocycles. The SMILES string of the molecule is CC(=O)c1cccc(-c2ccccc2OCc2ccccc2)c1. The minimum absolute atomic E-state index is 0.0644. The van der Waals surface area contributed by atoms with Crippen molar-refractivity contribution >= 4 is 5.78 Å². The van der Waals surface area contributed by atoms with Gasteiger partial charge in [0.2, 0.25) is 0 Å². The van der Waals surface area contributed by atoms with Gasteiger partial charge in [-0.15, -0.1) is 0 Å². The lowest BCUT2D eigenvalue weighted by molar-refractivity contribution is 0.101. The van der Waals surface area contributed by atoms with Crippen LogP contribution in [0.5, 0.6) is 5.75 Å². The zero-order valence-corrected chi connectivity index (χ0v) is 13.0. The Hall–Kier alpha value is -2.87. The molecule has 0 bridgehead atoms. The van der Waals surface area contributed by atoms with E-state index in [9.17, 15) is 4.79 Å². The molecule has 0 aliphatic carbocycles. The number of rotatable bonds is 5. The van der Waals surface area contributed by atoms with Gasteiger partial charge in [0.1, 0.15) is 12.4 Å². The van der Waals surface area contributed by atoms with E-state index in [1.165, 1.54) is 0 Å². The first-order chi connectivity index (χ1) is 11.2. The summed E-state index contributed by atoms with van der Waals surface area (Å²) >= 11 is 0. The smallest absolute Gasteiger partial charge is 0.159 e. The maximum absolute atomic E-state index is 11.6. The molecule has 0 amide bonds. The predicted molar refractivity (Wildman–Crippen MR) is 92.7 cm³/mol. The van der Waals surface area contributed by atoms with Crippen LogP contribution in [0.4, 0.5) is 0 Å². The van der Waals surface area contributed by atoms with Crippen LogP contribution >= 0.6 is 0 Å². The first-order valence-corrected chi connectivity index (χ1v) is 7.61. The van der Waals surface area contributed by atoms with E-state index in [0.717, 1.165) is 22.4 Å². The Morgan fingerprint density at radius 1 is 0.870 bits per heavy atom. The van der Waals surface area contributed by atoms with Crippen molar-refractivity contribution < 1.29 is 9.53 Å². The molecule has 2 heteroatoms. The number of para-hydroxylation sites is 1. The molecule has 0 spiro atoms. The van der Waals surface area contributed by atoms with Gasteiger partial charge in [-0.25, -0.2) is 0 Å². The molecule has 0 atom stereocenters. The number of carbonyl (C=O) groups is 1. The molecule has 3 aromatic rings. The van der Waals surface area contributed by atoms with Crippen LogP contribution in [0.1, 0.15) is 22.8 Å². The van der Waals surface area contributed by atoms with Crippen molar-refractivity contribution in [1.82, 2.24) is 0 Å². The Bertz CT molecular complexity index is 807. The first-order valence-electron chi connectivity index (χ1n) is 7.61. The largest absolute Gasteiger partial charge is 0.488 e. The number of benzene rings is 3. The maximum atomic E-state index is 11.6. The van der Waals surface area contributed by atoms with Crippen molar-refractivity contribution in [2.75, 3.05) is 0 Å². The lowest BCUT2D eigenvalue weighted by Gasteiger charge is -2.12. The molecule has 0 N–H and O–H groups in total. The maximum Gasteiger partial charge on any atom is 0.159 e. The van der Waals surface area contributed by atoms with E-state index >= 15 is 0 Å². The molecule has 0 saturated carbocycles. The zero-order valence-electron chi connectivity index (χ0n) is 13.0. The van der Waals surface area contributed by atoms with Crippen molar-refractivity contribution in [3.8, 4) is 16.9 Å². The molecule has 0 heterocycles. The number of hydrogen-bond donors (Lipinski definition) is 0. The normalized spacial score (nSPS) is 10.3. The topological polar surface area (TPSA) is 26.3 Å². The Morgan fingerprint density at radius 2 is 1.61 bits per heavy atom. The number of ketones is 1. The quantitative estimate of drug-likeness (QED) is 0.610. The highest BCUT2D eigenvalue weighted by molar-refractivity contribution is 5.95. The fourth-order valence-corrected chi connectivity index (χ4v) is 2.47. The van der Waals surface area contributed by atoms with Crippen LogP contribution in [0.15, 0.2) is 78.9 Å². The third kappa shape index (κ3) is 3.67. The molecule has 0 radical (unpaired) electrons.